The van der Waals surface area contributed by atoms with E-state index in [1.54, 1.807) is 23.3 Å². The first-order chi connectivity index (χ1) is 7.34. The second-order valence-corrected chi connectivity index (χ2v) is 3.89. The molecule has 0 saturated heterocycles. The number of anilines is 1. The van der Waals surface area contributed by atoms with E-state index in [2.05, 4.69) is 20.6 Å². The number of aliphatic hydroxyl groups excluding tert-OH is 1. The highest BCUT2D eigenvalue weighted by atomic mass is 32.1. The van der Waals surface area contributed by atoms with Gasteiger partial charge in [0.05, 0.1) is 18.8 Å². The van der Waals surface area contributed by atoms with Gasteiger partial charge in [0.2, 0.25) is 0 Å². The predicted molar refractivity (Wildman–Crippen MR) is 56.6 cm³/mol. The zero-order valence-electron chi connectivity index (χ0n) is 7.95. The Morgan fingerprint density at radius 1 is 1.53 bits per heavy atom. The van der Waals surface area contributed by atoms with Gasteiger partial charge in [0.1, 0.15) is 0 Å². The van der Waals surface area contributed by atoms with Crippen LogP contribution in [0, 0.1) is 0 Å². The van der Waals surface area contributed by atoms with Crippen LogP contribution in [0.2, 0.25) is 0 Å². The molecule has 0 fully saturated rings. The van der Waals surface area contributed by atoms with Gasteiger partial charge >= 0.3 is 0 Å². The molecule has 0 radical (unpaired) electrons. The quantitative estimate of drug-likeness (QED) is 0.760. The van der Waals surface area contributed by atoms with Gasteiger partial charge in [-0.05, 0) is 0 Å². The smallest absolute Gasteiger partial charge is 0.182 e. The maximum Gasteiger partial charge on any atom is 0.182 e. The number of thiazole rings is 1. The lowest BCUT2D eigenvalue weighted by Crippen LogP contribution is -2.25. The van der Waals surface area contributed by atoms with Crippen LogP contribution in [0.5, 0.6) is 0 Å². The molecule has 0 amide bonds. The molecular weight excluding hydrogens is 214 g/mol. The topological polar surface area (TPSA) is 75.9 Å². The summed E-state index contributed by atoms with van der Waals surface area (Å²) in [6.45, 7) is 0.881. The molecule has 2 aromatic heterocycles. The van der Waals surface area contributed by atoms with E-state index in [0.717, 1.165) is 5.13 Å². The molecule has 80 valence electrons. The average molecular weight is 225 g/mol. The van der Waals surface area contributed by atoms with Crippen molar-refractivity contribution < 1.29 is 5.11 Å². The van der Waals surface area contributed by atoms with Gasteiger partial charge in [0.25, 0.3) is 0 Å². The van der Waals surface area contributed by atoms with Crippen molar-refractivity contribution in [2.45, 2.75) is 12.6 Å². The molecule has 2 rings (SSSR count). The molecule has 6 nitrogen and oxygen atoms in total. The van der Waals surface area contributed by atoms with E-state index in [1.807, 2.05) is 5.38 Å². The van der Waals surface area contributed by atoms with E-state index >= 15 is 0 Å². The van der Waals surface area contributed by atoms with Gasteiger partial charge in [-0.1, -0.05) is 5.21 Å². The SMILES string of the molecule is OC(CNc1nccs1)Cn1ccnn1. The molecule has 2 N–H and O–H groups in total. The third-order valence-electron chi connectivity index (χ3n) is 1.79. The van der Waals surface area contributed by atoms with Gasteiger partial charge in [-0.15, -0.1) is 16.4 Å². The molecular formula is C8H11N5OS. The van der Waals surface area contributed by atoms with Crippen LogP contribution in [0.1, 0.15) is 0 Å². The van der Waals surface area contributed by atoms with Crippen molar-refractivity contribution in [1.82, 2.24) is 20.0 Å². The van der Waals surface area contributed by atoms with Crippen LogP contribution < -0.4 is 5.32 Å². The highest BCUT2D eigenvalue weighted by Gasteiger charge is 2.05. The molecule has 0 bridgehead atoms. The van der Waals surface area contributed by atoms with Crippen molar-refractivity contribution in [2.75, 3.05) is 11.9 Å². The number of hydrogen-bond donors (Lipinski definition) is 2. The monoisotopic (exact) mass is 225 g/mol. The maximum atomic E-state index is 9.65. The van der Waals surface area contributed by atoms with Crippen LogP contribution in [-0.2, 0) is 6.54 Å². The van der Waals surface area contributed by atoms with Gasteiger partial charge in [-0.3, -0.25) is 0 Å². The average Bonchev–Trinajstić information content (AvgIpc) is 2.86. The summed E-state index contributed by atoms with van der Waals surface area (Å²) in [5.74, 6) is 0. The zero-order chi connectivity index (χ0) is 10.5. The molecule has 2 heterocycles. The Morgan fingerprint density at radius 2 is 2.47 bits per heavy atom. The summed E-state index contributed by atoms with van der Waals surface area (Å²) >= 11 is 1.50. The van der Waals surface area contributed by atoms with Crippen molar-refractivity contribution in [2.24, 2.45) is 0 Å². The Balaban J connectivity index is 1.76. The van der Waals surface area contributed by atoms with E-state index in [4.69, 9.17) is 0 Å². The normalized spacial score (nSPS) is 12.6. The summed E-state index contributed by atoms with van der Waals surface area (Å²) in [5.41, 5.74) is 0. The molecule has 0 aliphatic carbocycles. The summed E-state index contributed by atoms with van der Waals surface area (Å²) in [7, 11) is 0. The van der Waals surface area contributed by atoms with Crippen molar-refractivity contribution in [1.29, 1.82) is 0 Å². The highest BCUT2D eigenvalue weighted by Crippen LogP contribution is 2.09. The molecule has 0 aliphatic rings. The number of rotatable bonds is 5. The van der Waals surface area contributed by atoms with Gasteiger partial charge in [0, 0.05) is 24.3 Å². The fraction of sp³-hybridized carbons (Fsp3) is 0.375. The lowest BCUT2D eigenvalue weighted by molar-refractivity contribution is 0.161. The fourth-order valence-corrected chi connectivity index (χ4v) is 1.67. The molecule has 15 heavy (non-hydrogen) atoms. The van der Waals surface area contributed by atoms with Crippen molar-refractivity contribution in [3.63, 3.8) is 0 Å². The Labute approximate surface area is 90.6 Å². The van der Waals surface area contributed by atoms with Crippen LogP contribution in [0.15, 0.2) is 24.0 Å². The number of aromatic nitrogens is 4. The van der Waals surface area contributed by atoms with E-state index in [-0.39, 0.29) is 0 Å². The Hall–Kier alpha value is -1.47. The summed E-state index contributed by atoms with van der Waals surface area (Å²) in [4.78, 5) is 4.05. The molecule has 1 unspecified atom stereocenters. The summed E-state index contributed by atoms with van der Waals surface area (Å²) in [5, 5.41) is 22.8. The molecule has 0 aliphatic heterocycles. The first kappa shape index (κ1) is 10.1. The second kappa shape index (κ2) is 4.85. The minimum absolute atomic E-state index is 0.429. The first-order valence-electron chi connectivity index (χ1n) is 4.50. The van der Waals surface area contributed by atoms with Crippen molar-refractivity contribution >= 4 is 16.5 Å². The first-order valence-corrected chi connectivity index (χ1v) is 5.38. The Morgan fingerprint density at radius 3 is 3.13 bits per heavy atom. The predicted octanol–water partition coefficient (Wildman–Crippen LogP) is 0.208. The van der Waals surface area contributed by atoms with Crippen molar-refractivity contribution in [3.8, 4) is 0 Å². The van der Waals surface area contributed by atoms with Gasteiger partial charge in [0.15, 0.2) is 5.13 Å². The largest absolute Gasteiger partial charge is 0.389 e. The second-order valence-electron chi connectivity index (χ2n) is 3.00. The van der Waals surface area contributed by atoms with Crippen LogP contribution >= 0.6 is 11.3 Å². The summed E-state index contributed by atoms with van der Waals surface area (Å²) in [6, 6.07) is 0. The minimum Gasteiger partial charge on any atom is -0.389 e. The third-order valence-corrected chi connectivity index (χ3v) is 2.52. The molecule has 0 saturated carbocycles. The van der Waals surface area contributed by atoms with Crippen molar-refractivity contribution in [3.05, 3.63) is 24.0 Å². The van der Waals surface area contributed by atoms with E-state index < -0.39 is 6.10 Å². The zero-order valence-corrected chi connectivity index (χ0v) is 8.76. The van der Waals surface area contributed by atoms with Gasteiger partial charge < -0.3 is 10.4 Å². The Bertz CT molecular complexity index is 374. The maximum absolute atomic E-state index is 9.65. The van der Waals surface area contributed by atoms with E-state index in [1.165, 1.54) is 11.3 Å². The molecule has 0 aromatic carbocycles. The lowest BCUT2D eigenvalue weighted by atomic mass is 10.3. The molecule has 0 spiro atoms. The molecule has 7 heteroatoms. The minimum atomic E-state index is -0.504. The standard InChI is InChI=1S/C8H11N5OS/c14-7(6-13-3-1-11-12-13)5-10-8-9-2-4-15-8/h1-4,7,14H,5-6H2,(H,9,10). The van der Waals surface area contributed by atoms with Gasteiger partial charge in [-0.25, -0.2) is 9.67 Å². The third kappa shape index (κ3) is 3.00. The van der Waals surface area contributed by atoms with E-state index in [0.29, 0.717) is 13.1 Å². The van der Waals surface area contributed by atoms with Crippen LogP contribution in [0.25, 0.3) is 0 Å². The number of aliphatic hydroxyl groups is 1. The van der Waals surface area contributed by atoms with Gasteiger partial charge in [-0.2, -0.15) is 0 Å². The van der Waals surface area contributed by atoms with Crippen LogP contribution in [0.3, 0.4) is 0 Å². The lowest BCUT2D eigenvalue weighted by Gasteiger charge is -2.10. The highest BCUT2D eigenvalue weighted by molar-refractivity contribution is 7.13. The number of hydrogen-bond acceptors (Lipinski definition) is 6. The molecule has 1 atom stereocenters. The summed E-state index contributed by atoms with van der Waals surface area (Å²) in [6.07, 6.45) is 4.51. The van der Waals surface area contributed by atoms with Crippen LogP contribution in [0.4, 0.5) is 5.13 Å². The summed E-state index contributed by atoms with van der Waals surface area (Å²) < 4.78 is 1.59. The van der Waals surface area contributed by atoms with E-state index in [9.17, 15) is 5.11 Å². The van der Waals surface area contributed by atoms with Crippen LogP contribution in [-0.4, -0.2) is 37.7 Å². The number of nitrogens with zero attached hydrogens (tertiary/aromatic N) is 4. The molecule has 2 aromatic rings. The fourth-order valence-electron chi connectivity index (χ4n) is 1.13. The Kier molecular flexibility index (Phi) is 3.25. The number of nitrogens with one attached hydrogen (secondary N) is 1.